The van der Waals surface area contributed by atoms with Crippen molar-refractivity contribution >= 4 is 44.2 Å². The van der Waals surface area contributed by atoms with Crippen molar-refractivity contribution < 1.29 is 17.9 Å². The Bertz CT molecular complexity index is 1010. The summed E-state index contributed by atoms with van der Waals surface area (Å²) in [6.45, 7) is 7.10. The fraction of sp³-hybridized carbons (Fsp3) is 0.421. The maximum absolute atomic E-state index is 13.0. The zero-order chi connectivity index (χ0) is 21.7. The smallest absolute Gasteiger partial charge is 0.263 e. The minimum atomic E-state index is -3.94. The molecule has 2 heterocycles. The number of nitrogens with zero attached hydrogens (tertiary/aromatic N) is 3. The number of rotatable bonds is 8. The third-order valence-electron chi connectivity index (χ3n) is 4.74. The number of methoxy groups -OCH3 is 1. The number of hydrogen-bond donors (Lipinski definition) is 1. The molecule has 11 heteroatoms. The van der Waals surface area contributed by atoms with E-state index in [1.54, 1.807) is 11.0 Å². The largest absolute Gasteiger partial charge is 0.496 e. The molecule has 3 rings (SSSR count). The average molecular weight is 469 g/mol. The van der Waals surface area contributed by atoms with E-state index in [1.807, 2.05) is 0 Å². The van der Waals surface area contributed by atoms with E-state index in [-0.39, 0.29) is 21.5 Å². The van der Waals surface area contributed by atoms with Gasteiger partial charge in [-0.25, -0.2) is 8.42 Å². The Kier molecular flexibility index (Phi) is 7.37. The Morgan fingerprint density at radius 3 is 2.80 bits per heavy atom. The van der Waals surface area contributed by atoms with Gasteiger partial charge in [-0.3, -0.25) is 9.52 Å². The molecule has 1 N–H and O–H groups in total. The second-order valence-electron chi connectivity index (χ2n) is 6.92. The van der Waals surface area contributed by atoms with Crippen LogP contribution in [-0.4, -0.2) is 55.4 Å². The summed E-state index contributed by atoms with van der Waals surface area (Å²) in [6.07, 6.45) is 3.59. The molecule has 8 nitrogen and oxygen atoms in total. The summed E-state index contributed by atoms with van der Waals surface area (Å²) in [4.78, 5) is 14.7. The van der Waals surface area contributed by atoms with Crippen LogP contribution in [0.5, 0.6) is 5.75 Å². The monoisotopic (exact) mass is 468 g/mol. The molecule has 1 fully saturated rings. The Morgan fingerprint density at radius 2 is 2.13 bits per heavy atom. The number of nitrogens with one attached hydrogen (secondary N) is 1. The van der Waals surface area contributed by atoms with E-state index in [1.165, 1.54) is 37.1 Å². The maximum Gasteiger partial charge on any atom is 0.263 e. The first-order valence-corrected chi connectivity index (χ1v) is 12.7. The third-order valence-corrected chi connectivity index (χ3v) is 8.17. The van der Waals surface area contributed by atoms with E-state index in [2.05, 4.69) is 28.4 Å². The molecule has 0 unspecified atom stereocenters. The van der Waals surface area contributed by atoms with Gasteiger partial charge in [0.15, 0.2) is 4.34 Å². The predicted molar refractivity (Wildman–Crippen MR) is 119 cm³/mol. The summed E-state index contributed by atoms with van der Waals surface area (Å²) in [5, 5.41) is 7.99. The van der Waals surface area contributed by atoms with Crippen molar-refractivity contribution in [3.05, 3.63) is 36.4 Å². The van der Waals surface area contributed by atoms with Crippen LogP contribution in [0.1, 0.15) is 30.1 Å². The number of carbonyl (C=O) groups excluding carboxylic acids is 1. The van der Waals surface area contributed by atoms with E-state index in [0.29, 0.717) is 34.8 Å². The second-order valence-corrected chi connectivity index (χ2v) is 10.8. The number of likely N-dealkylation sites (tertiary alicyclic amines) is 1. The van der Waals surface area contributed by atoms with Crippen LogP contribution in [-0.2, 0) is 10.0 Å². The molecule has 30 heavy (non-hydrogen) atoms. The summed E-state index contributed by atoms with van der Waals surface area (Å²) in [5.74, 6) is 1.35. The van der Waals surface area contributed by atoms with Gasteiger partial charge in [0.25, 0.3) is 15.9 Å². The van der Waals surface area contributed by atoms with Gasteiger partial charge in [0.1, 0.15) is 5.75 Å². The van der Waals surface area contributed by atoms with Crippen LogP contribution in [0.25, 0.3) is 0 Å². The fourth-order valence-corrected chi connectivity index (χ4v) is 5.79. The first-order valence-electron chi connectivity index (χ1n) is 9.41. The molecule has 0 spiro atoms. The molecule has 1 aromatic carbocycles. The van der Waals surface area contributed by atoms with Crippen LogP contribution in [0.2, 0.25) is 0 Å². The number of anilines is 1. The van der Waals surface area contributed by atoms with E-state index < -0.39 is 10.0 Å². The number of thioether (sulfide) groups is 1. The number of aromatic nitrogens is 2. The molecular weight excluding hydrogens is 444 g/mol. The molecule has 2 aromatic rings. The summed E-state index contributed by atoms with van der Waals surface area (Å²) in [5.41, 5.74) is 0.231. The molecular formula is C19H24N4O4S3. The van der Waals surface area contributed by atoms with Gasteiger partial charge in [0, 0.05) is 18.8 Å². The second kappa shape index (κ2) is 9.80. The van der Waals surface area contributed by atoms with Gasteiger partial charge in [0.2, 0.25) is 5.13 Å². The van der Waals surface area contributed by atoms with Gasteiger partial charge in [-0.2, -0.15) is 0 Å². The summed E-state index contributed by atoms with van der Waals surface area (Å²) < 4.78 is 34.1. The van der Waals surface area contributed by atoms with Gasteiger partial charge in [-0.05, 0) is 37.0 Å². The van der Waals surface area contributed by atoms with Crippen molar-refractivity contribution in [2.45, 2.75) is 29.0 Å². The molecule has 0 radical (unpaired) electrons. The molecule has 1 aromatic heterocycles. The van der Waals surface area contributed by atoms with E-state index in [9.17, 15) is 13.2 Å². The standard InChI is InChI=1S/C19H24N4O4S3/c1-4-11-28-19-21-20-18(29-19)22-30(25,26)14-5-6-16(27-3)15(12-14)17(24)23-9-7-13(2)8-10-23/h4-6,12-13H,1,7-11H2,2-3H3,(H,20,22). The SMILES string of the molecule is C=CCSc1nnc(NS(=O)(=O)c2ccc(OC)c(C(=O)N3CCC(C)CC3)c2)s1. The van der Waals surface area contributed by atoms with Crippen LogP contribution < -0.4 is 9.46 Å². The molecule has 1 aliphatic rings. The lowest BCUT2D eigenvalue weighted by molar-refractivity contribution is 0.0693. The number of benzene rings is 1. The molecule has 1 aliphatic heterocycles. The first kappa shape index (κ1) is 22.6. The lowest BCUT2D eigenvalue weighted by Gasteiger charge is -2.30. The molecule has 0 aliphatic carbocycles. The number of amides is 1. The van der Waals surface area contributed by atoms with Crippen molar-refractivity contribution in [2.24, 2.45) is 5.92 Å². The molecule has 1 amide bonds. The molecule has 0 bridgehead atoms. The minimum absolute atomic E-state index is 0.0347. The highest BCUT2D eigenvalue weighted by Crippen LogP contribution is 2.29. The number of carbonyl (C=O) groups is 1. The lowest BCUT2D eigenvalue weighted by Crippen LogP contribution is -2.38. The van der Waals surface area contributed by atoms with Gasteiger partial charge >= 0.3 is 0 Å². The Hall–Kier alpha value is -2.11. The average Bonchev–Trinajstić information content (AvgIpc) is 3.18. The highest BCUT2D eigenvalue weighted by Gasteiger charge is 2.26. The van der Waals surface area contributed by atoms with E-state index >= 15 is 0 Å². The molecule has 162 valence electrons. The topological polar surface area (TPSA) is 101 Å². The van der Waals surface area contributed by atoms with Crippen molar-refractivity contribution in [2.75, 3.05) is 30.7 Å². The first-order chi connectivity index (χ1) is 14.3. The minimum Gasteiger partial charge on any atom is -0.496 e. The number of hydrogen-bond acceptors (Lipinski definition) is 8. The predicted octanol–water partition coefficient (Wildman–Crippen LogP) is 3.50. The van der Waals surface area contributed by atoms with Gasteiger partial charge in [-0.1, -0.05) is 36.1 Å². The Balaban J connectivity index is 1.83. The molecule has 0 saturated carbocycles. The zero-order valence-corrected chi connectivity index (χ0v) is 19.3. The van der Waals surface area contributed by atoms with E-state index in [0.717, 1.165) is 24.2 Å². The highest BCUT2D eigenvalue weighted by molar-refractivity contribution is 8.01. The van der Waals surface area contributed by atoms with Crippen LogP contribution in [0.4, 0.5) is 5.13 Å². The quantitative estimate of drug-likeness (QED) is 0.467. The van der Waals surface area contributed by atoms with Crippen molar-refractivity contribution in [1.82, 2.24) is 15.1 Å². The summed E-state index contributed by atoms with van der Waals surface area (Å²) >= 11 is 2.55. The van der Waals surface area contributed by atoms with Crippen LogP contribution in [0.15, 0.2) is 40.1 Å². The van der Waals surface area contributed by atoms with Gasteiger partial charge in [-0.15, -0.1) is 16.8 Å². The van der Waals surface area contributed by atoms with E-state index in [4.69, 9.17) is 4.74 Å². The highest BCUT2D eigenvalue weighted by atomic mass is 32.2. The van der Waals surface area contributed by atoms with Gasteiger partial charge in [0.05, 0.1) is 17.6 Å². The molecule has 1 saturated heterocycles. The maximum atomic E-state index is 13.0. The van der Waals surface area contributed by atoms with Crippen molar-refractivity contribution in [3.8, 4) is 5.75 Å². The van der Waals surface area contributed by atoms with Crippen molar-refractivity contribution in [3.63, 3.8) is 0 Å². The fourth-order valence-electron chi connectivity index (χ4n) is 3.02. The molecule has 0 atom stereocenters. The summed E-state index contributed by atoms with van der Waals surface area (Å²) in [6, 6.07) is 4.26. The van der Waals surface area contributed by atoms with Gasteiger partial charge < -0.3 is 9.64 Å². The number of piperidine rings is 1. The Labute approximate surface area is 184 Å². The number of ether oxygens (including phenoxy) is 1. The van der Waals surface area contributed by atoms with Crippen LogP contribution >= 0.6 is 23.1 Å². The van der Waals surface area contributed by atoms with Crippen LogP contribution in [0, 0.1) is 5.92 Å². The van der Waals surface area contributed by atoms with Crippen LogP contribution in [0.3, 0.4) is 0 Å². The van der Waals surface area contributed by atoms with Crippen molar-refractivity contribution in [1.29, 1.82) is 0 Å². The normalized spacial score (nSPS) is 15.1. The lowest BCUT2D eigenvalue weighted by atomic mass is 9.98. The number of sulfonamides is 1. The summed E-state index contributed by atoms with van der Waals surface area (Å²) in [7, 11) is -2.48. The Morgan fingerprint density at radius 1 is 1.40 bits per heavy atom. The third kappa shape index (κ3) is 5.32. The zero-order valence-electron chi connectivity index (χ0n) is 16.8.